The predicted octanol–water partition coefficient (Wildman–Crippen LogP) is 7.23. The molecule has 1 aliphatic heterocycles. The van der Waals surface area contributed by atoms with Crippen LogP contribution in [0.1, 0.15) is 61.3 Å². The Bertz CT molecular complexity index is 1130. The van der Waals surface area contributed by atoms with Crippen LogP contribution in [-0.4, -0.2) is 20.2 Å². The molecule has 184 valence electrons. The van der Waals surface area contributed by atoms with E-state index in [4.69, 9.17) is 14.2 Å². The molecule has 1 fully saturated rings. The Morgan fingerprint density at radius 3 is 2.37 bits per heavy atom. The molecule has 5 heteroatoms. The van der Waals surface area contributed by atoms with Crippen molar-refractivity contribution in [2.24, 2.45) is 0 Å². The summed E-state index contributed by atoms with van der Waals surface area (Å²) in [4.78, 5) is 11.4. The Balaban J connectivity index is 0.000000656. The van der Waals surface area contributed by atoms with Gasteiger partial charge in [-0.1, -0.05) is 62.1 Å². The van der Waals surface area contributed by atoms with Crippen molar-refractivity contribution >= 4 is 5.97 Å². The number of benzene rings is 3. The van der Waals surface area contributed by atoms with E-state index in [1.807, 2.05) is 36.4 Å². The van der Waals surface area contributed by atoms with E-state index in [2.05, 4.69) is 6.07 Å². The maximum absolute atomic E-state index is 14.3. The number of hydrogen-bond donors (Lipinski definition) is 0. The van der Waals surface area contributed by atoms with Gasteiger partial charge in [-0.25, -0.2) is 4.39 Å². The number of fused-ring (bicyclic) bond motifs is 1. The van der Waals surface area contributed by atoms with Gasteiger partial charge in [-0.15, -0.1) is 0 Å². The highest BCUT2D eigenvalue weighted by Crippen LogP contribution is 2.36. The third-order valence-corrected chi connectivity index (χ3v) is 6.69. The van der Waals surface area contributed by atoms with Gasteiger partial charge >= 0.3 is 5.97 Å². The van der Waals surface area contributed by atoms with Gasteiger partial charge in [0, 0.05) is 12.0 Å². The first-order valence-electron chi connectivity index (χ1n) is 12.4. The van der Waals surface area contributed by atoms with E-state index in [1.54, 1.807) is 19.2 Å². The van der Waals surface area contributed by atoms with E-state index in [9.17, 15) is 9.18 Å². The van der Waals surface area contributed by atoms with E-state index < -0.39 is 0 Å². The lowest BCUT2D eigenvalue weighted by Crippen LogP contribution is -2.15. The number of rotatable bonds is 6. The SMILES string of the molecule is C1CCC1.COC(=O)CCc1ccc2c(c1)O[C@@H](c1ccc(-c3cc(OC)ccc3F)cc1)CC2. The van der Waals surface area contributed by atoms with Crippen LogP contribution in [0.5, 0.6) is 11.5 Å². The Labute approximate surface area is 207 Å². The molecule has 0 amide bonds. The molecule has 0 unspecified atom stereocenters. The fourth-order valence-corrected chi connectivity index (χ4v) is 4.13. The minimum atomic E-state index is -0.282. The molecule has 4 nitrogen and oxygen atoms in total. The van der Waals surface area contributed by atoms with Crippen molar-refractivity contribution in [2.75, 3.05) is 14.2 Å². The summed E-state index contributed by atoms with van der Waals surface area (Å²) in [5.74, 6) is 0.984. The number of carbonyl (C=O) groups is 1. The maximum atomic E-state index is 14.3. The number of halogens is 1. The van der Waals surface area contributed by atoms with Gasteiger partial charge in [0.05, 0.1) is 14.2 Å². The van der Waals surface area contributed by atoms with Crippen LogP contribution in [0.15, 0.2) is 60.7 Å². The van der Waals surface area contributed by atoms with E-state index >= 15 is 0 Å². The second kappa shape index (κ2) is 11.9. The molecule has 3 aromatic carbocycles. The number of aryl methyl sites for hydroxylation is 2. The normalized spacial score (nSPS) is 16.0. The van der Waals surface area contributed by atoms with Crippen LogP contribution >= 0.6 is 0 Å². The highest BCUT2D eigenvalue weighted by molar-refractivity contribution is 5.69. The Morgan fingerprint density at radius 2 is 1.71 bits per heavy atom. The molecule has 1 atom stereocenters. The van der Waals surface area contributed by atoms with Gasteiger partial charge in [-0.3, -0.25) is 4.79 Å². The average Bonchev–Trinajstić information content (AvgIpc) is 2.86. The summed E-state index contributed by atoms with van der Waals surface area (Å²) in [5, 5.41) is 0. The van der Waals surface area contributed by atoms with Crippen LogP contribution in [0.3, 0.4) is 0 Å². The molecule has 1 saturated carbocycles. The van der Waals surface area contributed by atoms with Crippen molar-refractivity contribution in [1.29, 1.82) is 0 Å². The number of methoxy groups -OCH3 is 2. The molecule has 0 radical (unpaired) electrons. The van der Waals surface area contributed by atoms with Gasteiger partial charge in [-0.05, 0) is 65.8 Å². The zero-order valence-electron chi connectivity index (χ0n) is 20.5. The Hall–Kier alpha value is -3.34. The molecule has 0 N–H and O–H groups in total. The van der Waals surface area contributed by atoms with E-state index in [0.29, 0.717) is 24.2 Å². The summed E-state index contributed by atoms with van der Waals surface area (Å²) in [6.07, 6.45) is 8.70. The second-order valence-electron chi connectivity index (χ2n) is 9.05. The van der Waals surface area contributed by atoms with Crippen molar-refractivity contribution in [2.45, 2.75) is 57.5 Å². The summed E-state index contributed by atoms with van der Waals surface area (Å²) in [7, 11) is 2.97. The van der Waals surface area contributed by atoms with Crippen LogP contribution < -0.4 is 9.47 Å². The maximum Gasteiger partial charge on any atom is 0.305 e. The average molecular weight is 477 g/mol. The fraction of sp³-hybridized carbons (Fsp3) is 0.367. The van der Waals surface area contributed by atoms with Crippen molar-refractivity contribution in [3.8, 4) is 22.6 Å². The van der Waals surface area contributed by atoms with Crippen molar-refractivity contribution < 1.29 is 23.4 Å². The van der Waals surface area contributed by atoms with Crippen LogP contribution in [0.2, 0.25) is 0 Å². The summed E-state index contributed by atoms with van der Waals surface area (Å²) in [6, 6.07) is 18.7. The number of hydrogen-bond acceptors (Lipinski definition) is 4. The molecule has 0 saturated heterocycles. The van der Waals surface area contributed by atoms with Crippen molar-refractivity contribution in [3.05, 3.63) is 83.2 Å². The van der Waals surface area contributed by atoms with Crippen LogP contribution in [0, 0.1) is 5.82 Å². The monoisotopic (exact) mass is 476 g/mol. The molecular weight excluding hydrogens is 443 g/mol. The standard InChI is InChI=1S/C26H25FO4.C4H8/c1-29-21-11-12-23(27)22(16-21)18-6-8-19(9-7-18)24-13-10-20-5-3-17(15-25(20)31-24)4-14-26(28)30-2;1-2-4-3-1/h3,5-9,11-12,15-16,24H,4,10,13-14H2,1-2H3;1-4H2/t24-;/m1./s1. The zero-order valence-corrected chi connectivity index (χ0v) is 20.5. The van der Waals surface area contributed by atoms with Gasteiger partial charge in [0.15, 0.2) is 0 Å². The molecule has 0 spiro atoms. The topological polar surface area (TPSA) is 44.8 Å². The molecule has 2 aliphatic rings. The smallest absolute Gasteiger partial charge is 0.305 e. The first kappa shape index (κ1) is 24.8. The zero-order chi connectivity index (χ0) is 24.6. The first-order valence-corrected chi connectivity index (χ1v) is 12.4. The van der Waals surface area contributed by atoms with Crippen LogP contribution in [0.25, 0.3) is 11.1 Å². The molecule has 0 aromatic heterocycles. The van der Waals surface area contributed by atoms with Gasteiger partial charge in [0.1, 0.15) is 23.4 Å². The largest absolute Gasteiger partial charge is 0.497 e. The lowest BCUT2D eigenvalue weighted by molar-refractivity contribution is -0.140. The summed E-state index contributed by atoms with van der Waals surface area (Å²) in [5.41, 5.74) is 4.58. The van der Waals surface area contributed by atoms with Crippen LogP contribution in [0.4, 0.5) is 4.39 Å². The van der Waals surface area contributed by atoms with Crippen LogP contribution in [-0.2, 0) is 22.4 Å². The van der Waals surface area contributed by atoms with E-state index in [0.717, 1.165) is 35.3 Å². The highest BCUT2D eigenvalue weighted by Gasteiger charge is 2.22. The summed E-state index contributed by atoms with van der Waals surface area (Å²) in [6.45, 7) is 0. The third kappa shape index (κ3) is 6.41. The minimum absolute atomic E-state index is 0.0624. The fourth-order valence-electron chi connectivity index (χ4n) is 4.13. The second-order valence-corrected chi connectivity index (χ2v) is 9.05. The summed E-state index contributed by atoms with van der Waals surface area (Å²) >= 11 is 0. The molecule has 0 bridgehead atoms. The molecule has 1 heterocycles. The Kier molecular flexibility index (Phi) is 8.40. The highest BCUT2D eigenvalue weighted by atomic mass is 19.1. The number of carbonyl (C=O) groups excluding carboxylic acids is 1. The molecule has 35 heavy (non-hydrogen) atoms. The van der Waals surface area contributed by atoms with Gasteiger partial charge < -0.3 is 14.2 Å². The molecule has 3 aromatic rings. The lowest BCUT2D eigenvalue weighted by atomic mass is 9.94. The predicted molar refractivity (Wildman–Crippen MR) is 135 cm³/mol. The molecule has 5 rings (SSSR count). The van der Waals surface area contributed by atoms with E-state index in [1.165, 1.54) is 44.4 Å². The first-order chi connectivity index (χ1) is 17.1. The van der Waals surface area contributed by atoms with Gasteiger partial charge in [-0.2, -0.15) is 0 Å². The third-order valence-electron chi connectivity index (χ3n) is 6.69. The van der Waals surface area contributed by atoms with Crippen molar-refractivity contribution in [3.63, 3.8) is 0 Å². The Morgan fingerprint density at radius 1 is 0.971 bits per heavy atom. The number of ether oxygens (including phenoxy) is 3. The lowest BCUT2D eigenvalue weighted by Gasteiger charge is -2.27. The minimum Gasteiger partial charge on any atom is -0.497 e. The molecule has 1 aliphatic carbocycles. The molecular formula is C30H33FO4. The van der Waals surface area contributed by atoms with Crippen molar-refractivity contribution in [1.82, 2.24) is 0 Å². The summed E-state index contributed by atoms with van der Waals surface area (Å²) < 4.78 is 30.5. The number of esters is 1. The quantitative estimate of drug-likeness (QED) is 0.352. The van der Waals surface area contributed by atoms with Gasteiger partial charge in [0.25, 0.3) is 0 Å². The van der Waals surface area contributed by atoms with E-state index in [-0.39, 0.29) is 17.9 Å². The van der Waals surface area contributed by atoms with Gasteiger partial charge in [0.2, 0.25) is 0 Å².